The molecule has 0 unspecified atom stereocenters. The van der Waals surface area contributed by atoms with Crippen molar-refractivity contribution in [2.75, 3.05) is 30.3 Å². The van der Waals surface area contributed by atoms with Crippen LogP contribution in [0.15, 0.2) is 23.1 Å². The van der Waals surface area contributed by atoms with Crippen molar-refractivity contribution in [2.24, 2.45) is 0 Å². The fourth-order valence-electron chi connectivity index (χ4n) is 2.01. The highest BCUT2D eigenvalue weighted by molar-refractivity contribution is 7.92. The van der Waals surface area contributed by atoms with Crippen molar-refractivity contribution in [1.29, 1.82) is 0 Å². The van der Waals surface area contributed by atoms with Gasteiger partial charge < -0.3 is 10.8 Å². The molecule has 0 bridgehead atoms. The normalized spacial score (nSPS) is 19.2. The summed E-state index contributed by atoms with van der Waals surface area (Å²) in [5.41, 5.74) is 5.18. The van der Waals surface area contributed by atoms with Crippen LogP contribution in [0.25, 0.3) is 0 Å². The lowest BCUT2D eigenvalue weighted by molar-refractivity contribution is 0.0692. The molecule has 8 nitrogen and oxygen atoms in total. The van der Waals surface area contributed by atoms with Crippen LogP contribution in [-0.4, -0.2) is 56.8 Å². The molecular formula is C11H14N2O6S2. The Kier molecular flexibility index (Phi) is 3.95. The summed E-state index contributed by atoms with van der Waals surface area (Å²) in [6, 6.07) is 3.48. The minimum absolute atomic E-state index is 0.132. The van der Waals surface area contributed by atoms with Gasteiger partial charge in [0.2, 0.25) is 10.0 Å². The second-order valence-corrected chi connectivity index (χ2v) is 8.83. The molecule has 0 aliphatic carbocycles. The molecule has 0 aromatic heterocycles. The number of carbonyl (C=O) groups is 1. The molecule has 1 aromatic carbocycles. The molecule has 2 rings (SSSR count). The maximum absolute atomic E-state index is 12.5. The van der Waals surface area contributed by atoms with Crippen LogP contribution >= 0.6 is 0 Å². The third-order valence-electron chi connectivity index (χ3n) is 3.16. The van der Waals surface area contributed by atoms with Crippen LogP contribution in [0.3, 0.4) is 0 Å². The van der Waals surface area contributed by atoms with Gasteiger partial charge in [0.15, 0.2) is 9.84 Å². The summed E-state index contributed by atoms with van der Waals surface area (Å²) in [6.07, 6.45) is 0. The summed E-state index contributed by atoms with van der Waals surface area (Å²) in [4.78, 5) is 10.8. The molecule has 1 fully saturated rings. The molecule has 0 amide bonds. The fourth-order valence-corrected chi connectivity index (χ4v) is 5.05. The molecule has 0 saturated carbocycles. The quantitative estimate of drug-likeness (QED) is 0.704. The number of hydrogen-bond donors (Lipinski definition) is 2. The van der Waals surface area contributed by atoms with Crippen molar-refractivity contribution in [3.63, 3.8) is 0 Å². The molecular weight excluding hydrogens is 320 g/mol. The van der Waals surface area contributed by atoms with Gasteiger partial charge in [0, 0.05) is 18.8 Å². The number of benzene rings is 1. The fraction of sp³-hybridized carbons (Fsp3) is 0.364. The maximum Gasteiger partial charge on any atom is 0.337 e. The summed E-state index contributed by atoms with van der Waals surface area (Å²) in [6.45, 7) is -0.373. The van der Waals surface area contributed by atoms with Gasteiger partial charge in [0.1, 0.15) is 0 Å². The first-order valence-corrected chi connectivity index (χ1v) is 9.23. The second kappa shape index (κ2) is 5.28. The minimum Gasteiger partial charge on any atom is -0.478 e. The lowest BCUT2D eigenvalue weighted by Crippen LogP contribution is -2.44. The Morgan fingerprint density at radius 1 is 1.24 bits per heavy atom. The zero-order valence-corrected chi connectivity index (χ0v) is 12.5. The summed E-state index contributed by atoms with van der Waals surface area (Å²) in [5, 5.41) is 9.10. The molecule has 0 radical (unpaired) electrons. The Hall–Kier alpha value is -1.65. The molecule has 1 aliphatic rings. The highest BCUT2D eigenvalue weighted by Gasteiger charge is 2.33. The number of carboxylic acid groups (broad SMARTS) is 1. The average molecular weight is 334 g/mol. The molecule has 1 aromatic rings. The van der Waals surface area contributed by atoms with E-state index in [0.717, 1.165) is 16.4 Å². The van der Waals surface area contributed by atoms with Gasteiger partial charge in [-0.2, -0.15) is 4.31 Å². The number of nitrogens with two attached hydrogens (primary N) is 1. The van der Waals surface area contributed by atoms with Crippen LogP contribution in [0, 0.1) is 0 Å². The van der Waals surface area contributed by atoms with E-state index < -0.39 is 31.4 Å². The van der Waals surface area contributed by atoms with Crippen molar-refractivity contribution in [2.45, 2.75) is 4.90 Å². The molecule has 1 heterocycles. The zero-order valence-electron chi connectivity index (χ0n) is 10.9. The van der Waals surface area contributed by atoms with Crippen LogP contribution in [0.4, 0.5) is 5.69 Å². The molecule has 0 spiro atoms. The predicted octanol–water partition coefficient (Wildman–Crippen LogP) is -0.614. The van der Waals surface area contributed by atoms with Crippen molar-refractivity contribution in [1.82, 2.24) is 4.31 Å². The van der Waals surface area contributed by atoms with Gasteiger partial charge in [-0.1, -0.05) is 0 Å². The highest BCUT2D eigenvalue weighted by atomic mass is 32.2. The monoisotopic (exact) mass is 334 g/mol. The van der Waals surface area contributed by atoms with E-state index >= 15 is 0 Å². The van der Waals surface area contributed by atoms with E-state index in [1.165, 1.54) is 6.07 Å². The SMILES string of the molecule is Nc1ccc(S(=O)(=O)N2CCS(=O)(=O)CC2)c(C(=O)O)c1. The van der Waals surface area contributed by atoms with Crippen molar-refractivity contribution in [3.8, 4) is 0 Å². The number of anilines is 1. The smallest absolute Gasteiger partial charge is 0.337 e. The van der Waals surface area contributed by atoms with Crippen LogP contribution in [-0.2, 0) is 19.9 Å². The first-order valence-electron chi connectivity index (χ1n) is 5.97. The standard InChI is InChI=1S/C11H14N2O6S2/c12-8-1-2-10(9(7-8)11(14)15)21(18,19)13-3-5-20(16,17)6-4-13/h1-2,7H,3-6,12H2,(H,14,15). The van der Waals surface area contributed by atoms with Gasteiger partial charge in [-0.15, -0.1) is 0 Å². The maximum atomic E-state index is 12.5. The topological polar surface area (TPSA) is 135 Å². The predicted molar refractivity (Wildman–Crippen MR) is 75.2 cm³/mol. The lowest BCUT2D eigenvalue weighted by atomic mass is 10.2. The minimum atomic E-state index is -4.07. The van der Waals surface area contributed by atoms with Gasteiger partial charge in [-0.3, -0.25) is 0 Å². The first-order chi connectivity index (χ1) is 9.63. The molecule has 3 N–H and O–H groups in total. The highest BCUT2D eigenvalue weighted by Crippen LogP contribution is 2.24. The van der Waals surface area contributed by atoms with E-state index in [1.807, 2.05) is 0 Å². The molecule has 21 heavy (non-hydrogen) atoms. The van der Waals surface area contributed by atoms with Gasteiger partial charge in [0.05, 0.1) is 22.0 Å². The van der Waals surface area contributed by atoms with Crippen LogP contribution in [0.5, 0.6) is 0 Å². The van der Waals surface area contributed by atoms with Gasteiger partial charge in [0.25, 0.3) is 0 Å². The Balaban J connectivity index is 2.44. The number of rotatable bonds is 3. The average Bonchev–Trinajstić information content (AvgIpc) is 2.37. The summed E-state index contributed by atoms with van der Waals surface area (Å²) < 4.78 is 48.6. The second-order valence-electron chi connectivity index (χ2n) is 4.62. The molecule has 0 atom stereocenters. The van der Waals surface area contributed by atoms with E-state index in [4.69, 9.17) is 10.8 Å². The zero-order chi connectivity index (χ0) is 15.8. The Labute approximate surface area is 122 Å². The number of sulfone groups is 1. The van der Waals surface area contributed by atoms with Crippen LogP contribution < -0.4 is 5.73 Å². The van der Waals surface area contributed by atoms with Crippen molar-refractivity contribution >= 4 is 31.5 Å². The largest absolute Gasteiger partial charge is 0.478 e. The number of aromatic carboxylic acids is 1. The van der Waals surface area contributed by atoms with Crippen LogP contribution in [0.1, 0.15) is 10.4 Å². The number of hydrogen-bond acceptors (Lipinski definition) is 6. The lowest BCUT2D eigenvalue weighted by Gasteiger charge is -2.26. The van der Waals surface area contributed by atoms with Gasteiger partial charge >= 0.3 is 5.97 Å². The number of sulfonamides is 1. The molecule has 1 saturated heterocycles. The summed E-state index contributed by atoms with van der Waals surface area (Å²) >= 11 is 0. The molecule has 116 valence electrons. The Morgan fingerprint density at radius 3 is 2.33 bits per heavy atom. The molecule has 1 aliphatic heterocycles. The van der Waals surface area contributed by atoms with E-state index in [1.54, 1.807) is 0 Å². The van der Waals surface area contributed by atoms with Gasteiger partial charge in [-0.25, -0.2) is 21.6 Å². The Bertz CT molecular complexity index is 771. The third-order valence-corrected chi connectivity index (χ3v) is 6.72. The Morgan fingerprint density at radius 2 is 1.81 bits per heavy atom. The molecule has 10 heteroatoms. The van der Waals surface area contributed by atoms with E-state index in [0.29, 0.717) is 0 Å². The van der Waals surface area contributed by atoms with Crippen molar-refractivity contribution < 1.29 is 26.7 Å². The van der Waals surface area contributed by atoms with E-state index in [9.17, 15) is 21.6 Å². The first kappa shape index (κ1) is 15.7. The van der Waals surface area contributed by atoms with Gasteiger partial charge in [-0.05, 0) is 18.2 Å². The summed E-state index contributed by atoms with van der Waals surface area (Å²) in [5.74, 6) is -1.96. The third kappa shape index (κ3) is 3.17. The van der Waals surface area contributed by atoms with Crippen LogP contribution in [0.2, 0.25) is 0 Å². The van der Waals surface area contributed by atoms with Crippen molar-refractivity contribution in [3.05, 3.63) is 23.8 Å². The van der Waals surface area contributed by atoms with E-state index in [-0.39, 0.29) is 35.2 Å². The number of carboxylic acids is 1. The van der Waals surface area contributed by atoms with E-state index in [2.05, 4.69) is 0 Å². The summed E-state index contributed by atoms with van der Waals surface area (Å²) in [7, 11) is -7.31. The number of nitrogens with zero attached hydrogens (tertiary/aromatic N) is 1. The number of nitrogen functional groups attached to an aromatic ring is 1.